The Labute approximate surface area is 210 Å². The first-order valence-electron chi connectivity index (χ1n) is 11.8. The van der Waals surface area contributed by atoms with Gasteiger partial charge >= 0.3 is 23.9 Å². The van der Waals surface area contributed by atoms with Crippen molar-refractivity contribution in [2.24, 2.45) is 0 Å². The van der Waals surface area contributed by atoms with Gasteiger partial charge in [0.1, 0.15) is 12.2 Å². The van der Waals surface area contributed by atoms with Gasteiger partial charge in [-0.1, -0.05) is 12.2 Å². The zero-order valence-corrected chi connectivity index (χ0v) is 21.5. The maximum absolute atomic E-state index is 11.5. The SMILES string of the molecule is CC(=O)O[C@@H]1[C@H](C)O[C@H](OC/C=C/CO[C@@H]2C[C@H](OC(C)=O)[C@H](OC(C)=O)[C@H](C)O2)C[C@@H]1OC(C)=O. The molecule has 0 spiro atoms. The fourth-order valence-corrected chi connectivity index (χ4v) is 4.06. The summed E-state index contributed by atoms with van der Waals surface area (Å²) in [5.74, 6) is -1.97. The highest BCUT2D eigenvalue weighted by Crippen LogP contribution is 2.27. The van der Waals surface area contributed by atoms with Gasteiger partial charge < -0.3 is 37.9 Å². The minimum Gasteiger partial charge on any atom is -0.458 e. The van der Waals surface area contributed by atoms with Gasteiger partial charge in [-0.2, -0.15) is 0 Å². The molecule has 0 amide bonds. The summed E-state index contributed by atoms with van der Waals surface area (Å²) in [7, 11) is 0. The number of carbonyl (C=O) groups excluding carboxylic acids is 4. The Bertz CT molecular complexity index is 732. The summed E-state index contributed by atoms with van der Waals surface area (Å²) in [4.78, 5) is 45.7. The van der Waals surface area contributed by atoms with Crippen LogP contribution < -0.4 is 0 Å². The number of ether oxygens (including phenoxy) is 8. The molecule has 2 rings (SSSR count). The molecule has 0 aromatic heterocycles. The van der Waals surface area contributed by atoms with E-state index in [1.54, 1.807) is 26.0 Å². The van der Waals surface area contributed by atoms with Crippen LogP contribution in [0, 0.1) is 0 Å². The molecule has 2 heterocycles. The van der Waals surface area contributed by atoms with Crippen LogP contribution in [0.3, 0.4) is 0 Å². The molecule has 8 atom stereocenters. The average molecular weight is 517 g/mol. The molecule has 12 heteroatoms. The Hall–Kier alpha value is -2.54. The molecule has 0 unspecified atom stereocenters. The third kappa shape index (κ3) is 9.84. The van der Waals surface area contributed by atoms with Gasteiger partial charge in [-0.15, -0.1) is 0 Å². The molecule has 0 aromatic rings. The smallest absolute Gasteiger partial charge is 0.303 e. The van der Waals surface area contributed by atoms with Crippen molar-refractivity contribution in [3.63, 3.8) is 0 Å². The number of rotatable bonds is 10. The molecule has 12 nitrogen and oxygen atoms in total. The molecule has 0 N–H and O–H groups in total. The van der Waals surface area contributed by atoms with Crippen LogP contribution in [0.2, 0.25) is 0 Å². The van der Waals surface area contributed by atoms with E-state index in [9.17, 15) is 19.2 Å². The summed E-state index contributed by atoms with van der Waals surface area (Å²) in [5, 5.41) is 0. The van der Waals surface area contributed by atoms with E-state index in [4.69, 9.17) is 37.9 Å². The highest BCUT2D eigenvalue weighted by molar-refractivity contribution is 5.68. The topological polar surface area (TPSA) is 142 Å². The third-order valence-corrected chi connectivity index (χ3v) is 5.40. The lowest BCUT2D eigenvalue weighted by molar-refractivity contribution is -0.253. The molecule has 2 saturated heterocycles. The molecular formula is C24H36O12. The second-order valence-corrected chi connectivity index (χ2v) is 8.59. The van der Waals surface area contributed by atoms with E-state index >= 15 is 0 Å². The number of carbonyl (C=O) groups is 4. The molecule has 204 valence electrons. The lowest BCUT2D eigenvalue weighted by Crippen LogP contribution is -2.51. The number of hydrogen-bond acceptors (Lipinski definition) is 12. The molecule has 0 aliphatic carbocycles. The average Bonchev–Trinajstić information content (AvgIpc) is 2.74. The monoisotopic (exact) mass is 516 g/mol. The minimum atomic E-state index is -0.718. The van der Waals surface area contributed by atoms with Crippen molar-refractivity contribution in [2.45, 2.75) is 104 Å². The third-order valence-electron chi connectivity index (χ3n) is 5.40. The highest BCUT2D eigenvalue weighted by Gasteiger charge is 2.42. The quantitative estimate of drug-likeness (QED) is 0.236. The van der Waals surface area contributed by atoms with Crippen LogP contribution in [-0.4, -0.2) is 86.3 Å². The first-order chi connectivity index (χ1) is 17.0. The van der Waals surface area contributed by atoms with Crippen molar-refractivity contribution in [2.75, 3.05) is 13.2 Å². The summed E-state index contributed by atoms with van der Waals surface area (Å²) >= 11 is 0. The van der Waals surface area contributed by atoms with E-state index in [-0.39, 0.29) is 26.1 Å². The van der Waals surface area contributed by atoms with Gasteiger partial charge in [0.05, 0.1) is 25.4 Å². The van der Waals surface area contributed by atoms with E-state index < -0.39 is 73.1 Å². The maximum Gasteiger partial charge on any atom is 0.303 e. The molecule has 0 bridgehead atoms. The Morgan fingerprint density at radius 3 is 1.28 bits per heavy atom. The van der Waals surface area contributed by atoms with E-state index in [2.05, 4.69) is 0 Å². The maximum atomic E-state index is 11.5. The number of esters is 4. The summed E-state index contributed by atoms with van der Waals surface area (Å²) in [6, 6.07) is 0. The highest BCUT2D eigenvalue weighted by atomic mass is 16.7. The van der Waals surface area contributed by atoms with Gasteiger partial charge in [-0.3, -0.25) is 19.2 Å². The van der Waals surface area contributed by atoms with Crippen LogP contribution in [0.1, 0.15) is 54.4 Å². The largest absolute Gasteiger partial charge is 0.458 e. The zero-order chi connectivity index (χ0) is 26.8. The van der Waals surface area contributed by atoms with Crippen molar-refractivity contribution in [1.29, 1.82) is 0 Å². The van der Waals surface area contributed by atoms with Gasteiger partial charge in [0.25, 0.3) is 0 Å². The molecular weight excluding hydrogens is 480 g/mol. The Balaban J connectivity index is 1.80. The zero-order valence-electron chi connectivity index (χ0n) is 21.5. The van der Waals surface area contributed by atoms with Gasteiger partial charge in [-0.05, 0) is 13.8 Å². The van der Waals surface area contributed by atoms with Crippen LogP contribution in [0.25, 0.3) is 0 Å². The molecule has 2 aliphatic heterocycles. The van der Waals surface area contributed by atoms with E-state index in [0.29, 0.717) is 0 Å². The van der Waals surface area contributed by atoms with Gasteiger partial charge in [-0.25, -0.2) is 0 Å². The second-order valence-electron chi connectivity index (χ2n) is 8.59. The Kier molecular flexibility index (Phi) is 11.8. The van der Waals surface area contributed by atoms with E-state index in [0.717, 1.165) is 0 Å². The fraction of sp³-hybridized carbons (Fsp3) is 0.750. The lowest BCUT2D eigenvalue weighted by atomic mass is 10.0. The normalized spacial score (nSPS) is 32.5. The minimum absolute atomic E-state index is 0.193. The molecule has 0 saturated carbocycles. The molecule has 0 aromatic carbocycles. The first kappa shape index (κ1) is 29.7. The van der Waals surface area contributed by atoms with E-state index in [1.165, 1.54) is 27.7 Å². The second kappa shape index (κ2) is 14.3. The lowest BCUT2D eigenvalue weighted by Gasteiger charge is -2.38. The van der Waals surface area contributed by atoms with Crippen molar-refractivity contribution >= 4 is 23.9 Å². The van der Waals surface area contributed by atoms with Crippen molar-refractivity contribution in [3.8, 4) is 0 Å². The predicted molar refractivity (Wildman–Crippen MR) is 121 cm³/mol. The van der Waals surface area contributed by atoms with E-state index in [1.807, 2.05) is 0 Å². The Morgan fingerprint density at radius 2 is 0.972 bits per heavy atom. The standard InChI is InChI=1S/C24H36O12/c1-13-23(35-17(5)27)19(33-15(3)25)11-21(31-13)29-9-7-8-10-30-22-12-20(34-16(4)26)24(14(2)32-22)36-18(6)28/h7-8,13-14,19-24H,9-12H2,1-6H3/b8-7+/t13-,14-,19-,20-,21-,22-,23+,24+/m0/s1. The molecule has 2 fully saturated rings. The Morgan fingerprint density at radius 1 is 0.639 bits per heavy atom. The van der Waals surface area contributed by atoms with Crippen molar-refractivity contribution in [3.05, 3.63) is 12.2 Å². The van der Waals surface area contributed by atoms with Crippen molar-refractivity contribution in [1.82, 2.24) is 0 Å². The van der Waals surface area contributed by atoms with Crippen LogP contribution >= 0.6 is 0 Å². The molecule has 36 heavy (non-hydrogen) atoms. The summed E-state index contributed by atoms with van der Waals surface area (Å²) < 4.78 is 44.0. The summed E-state index contributed by atoms with van der Waals surface area (Å²) in [5.41, 5.74) is 0. The van der Waals surface area contributed by atoms with Gasteiger partial charge in [0, 0.05) is 40.5 Å². The molecule has 2 aliphatic rings. The first-order valence-corrected chi connectivity index (χ1v) is 11.8. The number of hydrogen-bond donors (Lipinski definition) is 0. The van der Waals surface area contributed by atoms with Crippen molar-refractivity contribution < 1.29 is 57.1 Å². The van der Waals surface area contributed by atoms with Gasteiger partial charge in [0.2, 0.25) is 0 Å². The predicted octanol–water partition coefficient (Wildman–Crippen LogP) is 1.57. The van der Waals surface area contributed by atoms with Gasteiger partial charge in [0.15, 0.2) is 24.8 Å². The molecule has 0 radical (unpaired) electrons. The summed E-state index contributed by atoms with van der Waals surface area (Å²) in [6.45, 7) is 8.93. The van der Waals surface area contributed by atoms with Crippen LogP contribution in [0.15, 0.2) is 12.2 Å². The van der Waals surface area contributed by atoms with Crippen LogP contribution in [0.4, 0.5) is 0 Å². The van der Waals surface area contributed by atoms with Crippen LogP contribution in [0.5, 0.6) is 0 Å². The summed E-state index contributed by atoms with van der Waals surface area (Å²) in [6.07, 6.45) is -1.31. The fourth-order valence-electron chi connectivity index (χ4n) is 4.06. The van der Waals surface area contributed by atoms with Crippen LogP contribution in [-0.2, 0) is 57.1 Å².